The molecule has 1 aliphatic heterocycles. The van der Waals surface area contributed by atoms with Gasteiger partial charge in [0.15, 0.2) is 0 Å². The molecule has 0 radical (unpaired) electrons. The van der Waals surface area contributed by atoms with Crippen molar-refractivity contribution < 1.29 is 23.4 Å². The summed E-state index contributed by atoms with van der Waals surface area (Å²) in [6.45, 7) is 1.46. The van der Waals surface area contributed by atoms with Crippen LogP contribution < -0.4 is 14.8 Å². The zero-order valence-corrected chi connectivity index (χ0v) is 21.7. The maximum Gasteiger partial charge on any atom is 0.323 e. The van der Waals surface area contributed by atoms with E-state index in [1.54, 1.807) is 6.07 Å². The van der Waals surface area contributed by atoms with Gasteiger partial charge in [0.1, 0.15) is 30.0 Å². The fourth-order valence-corrected chi connectivity index (χ4v) is 5.25. The molecule has 3 aromatic rings. The van der Waals surface area contributed by atoms with Crippen LogP contribution in [0.5, 0.6) is 11.8 Å². The Balaban J connectivity index is 1.47. The number of nitrogens with zero attached hydrogens (tertiary/aromatic N) is 3. The van der Waals surface area contributed by atoms with Crippen LogP contribution in [0.4, 0.5) is 15.9 Å². The molecule has 1 N–H and O–H groups in total. The maximum absolute atomic E-state index is 13.7. The van der Waals surface area contributed by atoms with Gasteiger partial charge in [-0.25, -0.2) is 4.39 Å². The third-order valence-corrected chi connectivity index (χ3v) is 7.40. The number of carbonyl (C=O) groups excluding carboxylic acids is 1. The number of esters is 1. The first kappa shape index (κ1) is 25.5. The third kappa shape index (κ3) is 5.57. The van der Waals surface area contributed by atoms with Gasteiger partial charge in [-0.15, -0.1) is 0 Å². The lowest BCUT2D eigenvalue weighted by molar-refractivity contribution is -0.142. The Labute approximate surface area is 220 Å². The van der Waals surface area contributed by atoms with E-state index in [9.17, 15) is 9.18 Å². The minimum atomic E-state index is -0.495. The zero-order valence-electron chi connectivity index (χ0n) is 20.9. The van der Waals surface area contributed by atoms with Crippen LogP contribution in [0.2, 0.25) is 5.02 Å². The molecule has 5 rings (SSSR count). The highest BCUT2D eigenvalue weighted by molar-refractivity contribution is 6.31. The van der Waals surface area contributed by atoms with Gasteiger partial charge in [0.2, 0.25) is 0 Å². The molecule has 2 fully saturated rings. The van der Waals surface area contributed by atoms with Crippen molar-refractivity contribution in [3.8, 4) is 11.8 Å². The minimum Gasteiger partial charge on any atom is -0.492 e. The molecule has 1 saturated carbocycles. The van der Waals surface area contributed by atoms with Crippen molar-refractivity contribution in [3.63, 3.8) is 0 Å². The number of ether oxygens (including phenoxy) is 3. The Hall–Kier alpha value is -3.17. The van der Waals surface area contributed by atoms with Crippen molar-refractivity contribution in [2.45, 2.75) is 44.1 Å². The molecule has 0 spiro atoms. The largest absolute Gasteiger partial charge is 0.492 e. The molecule has 0 amide bonds. The number of cyclic esters (lactones) is 1. The fourth-order valence-electron chi connectivity index (χ4n) is 5.07. The normalized spacial score (nSPS) is 18.0. The van der Waals surface area contributed by atoms with Crippen LogP contribution in [0, 0.1) is 5.82 Å². The van der Waals surface area contributed by atoms with Gasteiger partial charge in [-0.1, -0.05) is 24.4 Å². The predicted octanol–water partition coefficient (Wildman–Crippen LogP) is 5.46. The van der Waals surface area contributed by atoms with Crippen LogP contribution in [-0.4, -0.2) is 60.8 Å². The molecule has 8 nitrogen and oxygen atoms in total. The number of fused-ring (bicyclic) bond motifs is 1. The van der Waals surface area contributed by atoms with Gasteiger partial charge in [0.25, 0.3) is 0 Å². The summed E-state index contributed by atoms with van der Waals surface area (Å²) in [4.78, 5) is 23.0. The highest BCUT2D eigenvalue weighted by Crippen LogP contribution is 2.42. The first-order chi connectivity index (χ1) is 17.9. The molecule has 37 heavy (non-hydrogen) atoms. The Bertz CT molecular complexity index is 1300. The van der Waals surface area contributed by atoms with E-state index in [4.69, 9.17) is 25.8 Å². The minimum absolute atomic E-state index is 0.0122. The summed E-state index contributed by atoms with van der Waals surface area (Å²) in [5.74, 6) is 0.983. The Kier molecular flexibility index (Phi) is 7.62. The maximum atomic E-state index is 13.7. The molecule has 1 aromatic heterocycles. The summed E-state index contributed by atoms with van der Waals surface area (Å²) in [5.41, 5.74) is 2.42. The van der Waals surface area contributed by atoms with E-state index in [-0.39, 0.29) is 23.0 Å². The van der Waals surface area contributed by atoms with Gasteiger partial charge in [-0.3, -0.25) is 9.69 Å². The summed E-state index contributed by atoms with van der Waals surface area (Å²) in [6, 6.07) is 8.41. The molecule has 1 atom stereocenters. The zero-order chi connectivity index (χ0) is 25.9. The SMILES string of the molecule is COc1nc(Nc2ccc(F)c(Cl)c2)c2cc(OCCN(C)C3CCOC3=O)c(C3CCCC3)cc2n1. The van der Waals surface area contributed by atoms with E-state index in [1.165, 1.54) is 32.1 Å². The molecular formula is C27H30ClFN4O4. The van der Waals surface area contributed by atoms with Gasteiger partial charge in [0.05, 0.1) is 24.3 Å². The summed E-state index contributed by atoms with van der Waals surface area (Å²) in [7, 11) is 3.43. The Morgan fingerprint density at radius 3 is 2.70 bits per heavy atom. The number of methoxy groups -OCH3 is 1. The lowest BCUT2D eigenvalue weighted by atomic mass is 9.95. The number of likely N-dealkylation sites (N-methyl/N-ethyl adjacent to an activating group) is 1. The summed E-state index contributed by atoms with van der Waals surface area (Å²) in [6.07, 6.45) is 5.24. The molecule has 2 heterocycles. The van der Waals surface area contributed by atoms with Crippen LogP contribution in [0.3, 0.4) is 0 Å². The van der Waals surface area contributed by atoms with Crippen molar-refractivity contribution in [3.05, 3.63) is 46.7 Å². The van der Waals surface area contributed by atoms with E-state index in [1.807, 2.05) is 18.0 Å². The molecule has 10 heteroatoms. The van der Waals surface area contributed by atoms with E-state index >= 15 is 0 Å². The Morgan fingerprint density at radius 2 is 2.00 bits per heavy atom. The van der Waals surface area contributed by atoms with Crippen molar-refractivity contribution >= 4 is 40.0 Å². The molecule has 0 bridgehead atoms. The summed E-state index contributed by atoms with van der Waals surface area (Å²) < 4.78 is 30.5. The molecule has 1 aliphatic carbocycles. The number of hydrogen-bond donors (Lipinski definition) is 1. The third-order valence-electron chi connectivity index (χ3n) is 7.11. The predicted molar refractivity (Wildman–Crippen MR) is 139 cm³/mol. The molecule has 2 aliphatic rings. The van der Waals surface area contributed by atoms with Crippen LogP contribution in [0.15, 0.2) is 30.3 Å². The number of carbonyl (C=O) groups is 1. The van der Waals surface area contributed by atoms with Gasteiger partial charge in [-0.05, 0) is 61.7 Å². The van der Waals surface area contributed by atoms with E-state index in [0.29, 0.717) is 43.6 Å². The number of nitrogens with one attached hydrogen (secondary N) is 1. The number of hydrogen-bond acceptors (Lipinski definition) is 8. The van der Waals surface area contributed by atoms with Gasteiger partial charge in [-0.2, -0.15) is 9.97 Å². The lowest BCUT2D eigenvalue weighted by Gasteiger charge is -2.22. The van der Waals surface area contributed by atoms with Crippen molar-refractivity contribution in [2.24, 2.45) is 0 Å². The second kappa shape index (κ2) is 11.1. The molecular weight excluding hydrogens is 499 g/mol. The highest BCUT2D eigenvalue weighted by Gasteiger charge is 2.30. The molecule has 196 valence electrons. The van der Waals surface area contributed by atoms with Crippen molar-refractivity contribution in [1.29, 1.82) is 0 Å². The monoisotopic (exact) mass is 528 g/mol. The van der Waals surface area contributed by atoms with Crippen LogP contribution in [0.25, 0.3) is 10.9 Å². The topological polar surface area (TPSA) is 85.8 Å². The number of aromatic nitrogens is 2. The number of anilines is 2. The smallest absolute Gasteiger partial charge is 0.323 e. The first-order valence-electron chi connectivity index (χ1n) is 12.5. The van der Waals surface area contributed by atoms with E-state index in [2.05, 4.69) is 21.4 Å². The van der Waals surface area contributed by atoms with Crippen molar-refractivity contribution in [1.82, 2.24) is 14.9 Å². The van der Waals surface area contributed by atoms with Gasteiger partial charge >= 0.3 is 12.0 Å². The van der Waals surface area contributed by atoms with E-state index < -0.39 is 5.82 Å². The van der Waals surface area contributed by atoms with E-state index in [0.717, 1.165) is 35.1 Å². The lowest BCUT2D eigenvalue weighted by Crippen LogP contribution is -2.37. The number of benzene rings is 2. The second-order valence-electron chi connectivity index (χ2n) is 9.50. The fraction of sp³-hybridized carbons (Fsp3) is 0.444. The standard InChI is InChI=1S/C27H30ClFN4O4/c1-33(23-9-11-37-26(23)34)10-12-36-24-15-19-22(14-18(24)16-5-3-4-6-16)31-27(35-2)32-25(19)30-17-7-8-21(29)20(28)13-17/h7-8,13-16,23H,3-6,9-12H2,1-2H3,(H,30,31,32). The van der Waals surface area contributed by atoms with Gasteiger partial charge < -0.3 is 19.5 Å². The van der Waals surface area contributed by atoms with Crippen LogP contribution in [-0.2, 0) is 9.53 Å². The Morgan fingerprint density at radius 1 is 1.19 bits per heavy atom. The quantitative estimate of drug-likeness (QED) is 0.366. The first-order valence-corrected chi connectivity index (χ1v) is 12.9. The van der Waals surface area contributed by atoms with Crippen LogP contribution >= 0.6 is 11.6 Å². The highest BCUT2D eigenvalue weighted by atomic mass is 35.5. The number of rotatable bonds is 9. The molecule has 2 aromatic carbocycles. The van der Waals surface area contributed by atoms with Crippen LogP contribution in [0.1, 0.15) is 43.6 Å². The van der Waals surface area contributed by atoms with Crippen molar-refractivity contribution in [2.75, 3.05) is 39.2 Å². The average molecular weight is 529 g/mol. The number of halogens is 2. The average Bonchev–Trinajstić information content (AvgIpc) is 3.58. The van der Waals surface area contributed by atoms with Gasteiger partial charge in [0, 0.05) is 24.0 Å². The summed E-state index contributed by atoms with van der Waals surface area (Å²) >= 11 is 5.99. The molecule has 1 saturated heterocycles. The second-order valence-corrected chi connectivity index (χ2v) is 9.91. The summed E-state index contributed by atoms with van der Waals surface area (Å²) in [5, 5.41) is 3.98. The molecule has 1 unspecified atom stereocenters.